The largest absolute Gasteiger partial charge is 0.288 e. The predicted molar refractivity (Wildman–Crippen MR) is 40.8 cm³/mol. The van der Waals surface area contributed by atoms with Crippen LogP contribution in [0, 0.1) is 0 Å². The van der Waals surface area contributed by atoms with E-state index in [0.29, 0.717) is 0 Å². The number of thiol groups is 1. The first-order chi connectivity index (χ1) is 3.31. The summed E-state index contributed by atoms with van der Waals surface area (Å²) < 4.78 is 2.66. The molecule has 44 valence electrons. The minimum atomic E-state index is 0.766. The summed E-state index contributed by atoms with van der Waals surface area (Å²) in [7, 11) is 0. The van der Waals surface area contributed by atoms with Crippen molar-refractivity contribution in [2.45, 2.75) is 6.92 Å². The quantitative estimate of drug-likeness (QED) is 0.314. The third-order valence-electron chi connectivity index (χ3n) is 0.425. The molecular formula is C3H9BrN2S. The van der Waals surface area contributed by atoms with E-state index in [0.717, 1.165) is 22.2 Å². The van der Waals surface area contributed by atoms with Crippen molar-refractivity contribution in [2.75, 3.05) is 5.75 Å². The van der Waals surface area contributed by atoms with E-state index in [9.17, 15) is 0 Å². The molecule has 0 amide bonds. The van der Waals surface area contributed by atoms with Gasteiger partial charge in [-0.2, -0.15) is 11.4 Å². The Morgan fingerprint density at radius 2 is 2.57 bits per heavy atom. The second-order valence-electron chi connectivity index (χ2n) is 0.954. The predicted octanol–water partition coefficient (Wildman–Crippen LogP) is 0.417. The van der Waals surface area contributed by atoms with Crippen LogP contribution in [-0.4, -0.2) is 10.9 Å². The molecule has 0 unspecified atom stereocenters. The van der Waals surface area contributed by atoms with Crippen molar-refractivity contribution in [2.24, 2.45) is 5.73 Å². The average Bonchev–Trinajstić information content (AvgIpc) is 1.68. The van der Waals surface area contributed by atoms with Crippen LogP contribution in [0.15, 0.2) is 0 Å². The smallest absolute Gasteiger partial charge is 0.0874 e. The Bertz CT molecular complexity index is 73.3. The van der Waals surface area contributed by atoms with Crippen LogP contribution in [0.3, 0.4) is 0 Å². The van der Waals surface area contributed by atoms with Crippen LogP contribution >= 0.6 is 27.5 Å². The molecule has 0 bridgehead atoms. The molecule has 0 aliphatic rings. The lowest BCUT2D eigenvalue weighted by Crippen LogP contribution is -2.20. The Balaban J connectivity index is 3.29. The number of nitrogens with one attached hydrogen (secondary N) is 1. The van der Waals surface area contributed by atoms with Crippen LogP contribution < -0.4 is 10.1 Å². The van der Waals surface area contributed by atoms with Gasteiger partial charge in [0, 0.05) is 16.1 Å². The van der Waals surface area contributed by atoms with Gasteiger partial charge in [-0.05, 0) is 5.75 Å². The number of hydrogen-bond donors (Lipinski definition) is 3. The number of hydrogen-bond acceptors (Lipinski definition) is 0. The molecule has 0 aromatic heterocycles. The third kappa shape index (κ3) is 4.47. The first-order valence-corrected chi connectivity index (χ1v) is 3.85. The van der Waals surface area contributed by atoms with Crippen molar-refractivity contribution in [3.8, 4) is 0 Å². The highest BCUT2D eigenvalue weighted by Crippen LogP contribution is 1.82. The highest BCUT2D eigenvalue weighted by atomic mass is 79.9. The van der Waals surface area contributed by atoms with Gasteiger partial charge in [0.25, 0.3) is 0 Å². The molecule has 0 aromatic carbocycles. The Labute approximate surface area is 55.8 Å². The van der Waals surface area contributed by atoms with Crippen molar-refractivity contribution in [3.05, 3.63) is 0 Å². The fourth-order valence-electron chi connectivity index (χ4n) is 0.200. The Morgan fingerprint density at radius 3 is 2.71 bits per heavy atom. The van der Waals surface area contributed by atoms with Crippen molar-refractivity contribution >= 4 is 32.6 Å². The SMILES string of the molecule is CC[SH]=C(N)NBr. The van der Waals surface area contributed by atoms with Gasteiger partial charge in [0.05, 0.1) is 5.11 Å². The summed E-state index contributed by atoms with van der Waals surface area (Å²) >= 11 is 4.14. The molecule has 0 saturated carbocycles. The van der Waals surface area contributed by atoms with E-state index in [1.165, 1.54) is 0 Å². The maximum atomic E-state index is 5.33. The normalized spacial score (nSPS) is 13.3. The number of nitrogens with two attached hydrogens (primary N) is 1. The minimum absolute atomic E-state index is 0.766. The van der Waals surface area contributed by atoms with E-state index in [4.69, 9.17) is 5.73 Å². The highest BCUT2D eigenvalue weighted by molar-refractivity contribution is 9.08. The summed E-state index contributed by atoms with van der Waals surface area (Å²) in [5.74, 6) is 1.06. The van der Waals surface area contributed by atoms with Gasteiger partial charge in [-0.3, -0.25) is 5.73 Å². The summed E-state index contributed by atoms with van der Waals surface area (Å²) in [6, 6.07) is 0. The summed E-state index contributed by atoms with van der Waals surface area (Å²) in [5.41, 5.74) is 5.33. The van der Waals surface area contributed by atoms with Gasteiger partial charge in [-0.1, -0.05) is 6.92 Å². The van der Waals surface area contributed by atoms with Gasteiger partial charge in [0.1, 0.15) is 0 Å². The zero-order chi connectivity index (χ0) is 5.70. The molecule has 0 rings (SSSR count). The van der Waals surface area contributed by atoms with Gasteiger partial charge in [-0.25, -0.2) is 4.34 Å². The molecule has 0 heterocycles. The van der Waals surface area contributed by atoms with Crippen molar-refractivity contribution in [1.29, 1.82) is 0 Å². The second kappa shape index (κ2) is 4.77. The number of halogens is 1. The maximum absolute atomic E-state index is 5.33. The van der Waals surface area contributed by atoms with E-state index in [1.54, 1.807) is 0 Å². The Morgan fingerprint density at radius 1 is 2.00 bits per heavy atom. The van der Waals surface area contributed by atoms with E-state index >= 15 is 0 Å². The summed E-state index contributed by atoms with van der Waals surface area (Å²) in [5, 5.41) is 0.766. The molecule has 0 atom stereocenters. The molecule has 3 N–H and O–H groups in total. The molecule has 7 heavy (non-hydrogen) atoms. The lowest BCUT2D eigenvalue weighted by molar-refractivity contribution is 1.51. The first kappa shape index (κ1) is 7.62. The van der Waals surface area contributed by atoms with Crippen LogP contribution in [0.2, 0.25) is 0 Å². The van der Waals surface area contributed by atoms with Crippen LogP contribution in [0.5, 0.6) is 0 Å². The summed E-state index contributed by atoms with van der Waals surface area (Å²) in [4.78, 5) is 0. The van der Waals surface area contributed by atoms with Crippen LogP contribution in [-0.2, 0) is 0 Å². The fourth-order valence-corrected chi connectivity index (χ4v) is 0.977. The zero-order valence-electron chi connectivity index (χ0n) is 4.11. The van der Waals surface area contributed by atoms with Crippen molar-refractivity contribution in [1.82, 2.24) is 4.34 Å². The maximum Gasteiger partial charge on any atom is 0.0874 e. The fraction of sp³-hybridized carbons (Fsp3) is 0.667. The molecule has 0 saturated heterocycles. The van der Waals surface area contributed by atoms with E-state index in [2.05, 4.69) is 27.4 Å². The van der Waals surface area contributed by atoms with Crippen LogP contribution in [0.25, 0.3) is 0 Å². The van der Waals surface area contributed by atoms with Gasteiger partial charge in [-0.15, -0.1) is 0 Å². The van der Waals surface area contributed by atoms with Gasteiger partial charge < -0.3 is 0 Å². The van der Waals surface area contributed by atoms with E-state index in [-0.39, 0.29) is 0 Å². The molecular weight excluding hydrogens is 176 g/mol. The topological polar surface area (TPSA) is 38.0 Å². The van der Waals surface area contributed by atoms with E-state index < -0.39 is 0 Å². The van der Waals surface area contributed by atoms with Gasteiger partial charge in [0.2, 0.25) is 0 Å². The molecule has 4 heteroatoms. The molecule has 0 fully saturated rings. The molecule has 0 spiro atoms. The molecule has 0 aromatic rings. The Hall–Kier alpha value is 0.620. The van der Waals surface area contributed by atoms with Gasteiger partial charge in [0.15, 0.2) is 0 Å². The summed E-state index contributed by atoms with van der Waals surface area (Å²) in [6.45, 7) is 2.07. The zero-order valence-corrected chi connectivity index (χ0v) is 6.59. The highest BCUT2D eigenvalue weighted by Gasteiger charge is 1.76. The number of rotatable bonds is 1. The molecule has 0 aliphatic carbocycles. The minimum Gasteiger partial charge on any atom is -0.288 e. The Kier molecular flexibility index (Phi) is 5.19. The average molecular weight is 185 g/mol. The van der Waals surface area contributed by atoms with Crippen LogP contribution in [0.1, 0.15) is 6.92 Å². The first-order valence-electron chi connectivity index (χ1n) is 1.97. The lowest BCUT2D eigenvalue weighted by Gasteiger charge is -1.90. The van der Waals surface area contributed by atoms with Crippen molar-refractivity contribution in [3.63, 3.8) is 0 Å². The molecule has 0 radical (unpaired) electrons. The van der Waals surface area contributed by atoms with E-state index in [1.807, 2.05) is 0 Å². The monoisotopic (exact) mass is 184 g/mol. The third-order valence-corrected chi connectivity index (χ3v) is 1.93. The summed E-state index contributed by atoms with van der Waals surface area (Å²) in [6.07, 6.45) is 0. The standard InChI is InChI=1S/C3H9BrN2S/c1-2-7-3(5)6-4/h6-7H,2,5H2,1H3. The van der Waals surface area contributed by atoms with Crippen LogP contribution in [0.4, 0.5) is 0 Å². The van der Waals surface area contributed by atoms with Gasteiger partial charge >= 0.3 is 0 Å². The van der Waals surface area contributed by atoms with Crippen molar-refractivity contribution < 1.29 is 0 Å². The molecule has 0 aliphatic heterocycles. The molecule has 2 nitrogen and oxygen atoms in total. The lowest BCUT2D eigenvalue weighted by atomic mass is 11.0. The second-order valence-corrected chi connectivity index (χ2v) is 2.78.